The zero-order chi connectivity index (χ0) is 15.4. The highest BCUT2D eigenvalue weighted by Gasteiger charge is 2.29. The first-order chi connectivity index (χ1) is 10.1. The maximum Gasteiger partial charge on any atom is 0.342 e. The number of furan rings is 1. The number of benzene rings is 1. The van der Waals surface area contributed by atoms with E-state index in [9.17, 15) is 9.59 Å². The summed E-state index contributed by atoms with van der Waals surface area (Å²) in [6.07, 6.45) is 1.80. The maximum atomic E-state index is 12.7. The van der Waals surface area contributed by atoms with Crippen molar-refractivity contribution in [1.29, 1.82) is 0 Å². The molecule has 0 N–H and O–H groups in total. The summed E-state index contributed by atoms with van der Waals surface area (Å²) in [4.78, 5) is 24.8. The zero-order valence-electron chi connectivity index (χ0n) is 12.1. The molecule has 0 spiro atoms. The number of rotatable bonds is 5. The first kappa shape index (κ1) is 15.4. The largest absolute Gasteiger partial charge is 0.462 e. The first-order valence-electron chi connectivity index (χ1n) is 6.54. The van der Waals surface area contributed by atoms with Crippen molar-refractivity contribution in [3.05, 3.63) is 52.8 Å². The number of ketones is 1. The normalized spacial score (nSPS) is 10.4. The van der Waals surface area contributed by atoms with Crippen molar-refractivity contribution in [2.75, 3.05) is 12.9 Å². The van der Waals surface area contributed by atoms with Crippen LogP contribution in [0.15, 0.2) is 39.8 Å². The summed E-state index contributed by atoms with van der Waals surface area (Å²) in [5.74, 6) is -0.365. The second kappa shape index (κ2) is 6.63. The second-order valence-electron chi connectivity index (χ2n) is 4.32. The Bertz CT molecular complexity index is 658. The number of esters is 1. The molecule has 0 aliphatic rings. The second-order valence-corrected chi connectivity index (χ2v) is 5.09. The zero-order valence-corrected chi connectivity index (χ0v) is 13.0. The van der Waals surface area contributed by atoms with Gasteiger partial charge in [-0.25, -0.2) is 4.79 Å². The molecular formula is C16H16O4S. The van der Waals surface area contributed by atoms with E-state index in [1.807, 2.05) is 6.07 Å². The van der Waals surface area contributed by atoms with Crippen LogP contribution in [0.5, 0.6) is 0 Å². The van der Waals surface area contributed by atoms with Crippen LogP contribution in [0, 0.1) is 6.92 Å². The average molecular weight is 304 g/mol. The number of aryl methyl sites for hydroxylation is 1. The summed E-state index contributed by atoms with van der Waals surface area (Å²) in [7, 11) is 0. The minimum atomic E-state index is -0.529. The number of carbonyl (C=O) groups excluding carboxylic acids is 2. The molecule has 1 aromatic heterocycles. The van der Waals surface area contributed by atoms with Crippen molar-refractivity contribution in [1.82, 2.24) is 0 Å². The smallest absolute Gasteiger partial charge is 0.342 e. The number of ether oxygens (including phenoxy) is 1. The molecule has 4 nitrogen and oxygen atoms in total. The third-order valence-electron chi connectivity index (χ3n) is 2.98. The van der Waals surface area contributed by atoms with E-state index in [4.69, 9.17) is 9.15 Å². The van der Waals surface area contributed by atoms with Crippen LogP contribution in [-0.4, -0.2) is 24.6 Å². The van der Waals surface area contributed by atoms with Crippen LogP contribution >= 0.6 is 11.8 Å². The predicted octanol–water partition coefficient (Wildman–Crippen LogP) is 3.72. The third kappa shape index (κ3) is 3.03. The molecule has 110 valence electrons. The highest BCUT2D eigenvalue weighted by atomic mass is 32.2. The Hall–Kier alpha value is -2.01. The Balaban J connectivity index is 2.56. The average Bonchev–Trinajstić information content (AvgIpc) is 2.84. The van der Waals surface area contributed by atoms with Crippen molar-refractivity contribution in [3.63, 3.8) is 0 Å². The van der Waals surface area contributed by atoms with Crippen LogP contribution in [0.25, 0.3) is 0 Å². The van der Waals surface area contributed by atoms with Gasteiger partial charge in [0.05, 0.1) is 12.2 Å². The van der Waals surface area contributed by atoms with Crippen LogP contribution < -0.4 is 0 Å². The molecule has 0 amide bonds. The van der Waals surface area contributed by atoms with E-state index < -0.39 is 5.97 Å². The molecule has 0 saturated carbocycles. The molecule has 0 bridgehead atoms. The molecule has 21 heavy (non-hydrogen) atoms. The van der Waals surface area contributed by atoms with Crippen LogP contribution in [0.3, 0.4) is 0 Å². The lowest BCUT2D eigenvalue weighted by Crippen LogP contribution is -2.12. The Morgan fingerprint density at radius 1 is 1.19 bits per heavy atom. The van der Waals surface area contributed by atoms with E-state index in [1.165, 1.54) is 11.8 Å². The quantitative estimate of drug-likeness (QED) is 0.479. The fourth-order valence-corrected chi connectivity index (χ4v) is 2.66. The van der Waals surface area contributed by atoms with Gasteiger partial charge < -0.3 is 9.15 Å². The fraction of sp³-hybridized carbons (Fsp3) is 0.250. The van der Waals surface area contributed by atoms with Crippen molar-refractivity contribution in [2.24, 2.45) is 0 Å². The monoisotopic (exact) mass is 304 g/mol. The van der Waals surface area contributed by atoms with E-state index >= 15 is 0 Å². The van der Waals surface area contributed by atoms with Gasteiger partial charge in [0.15, 0.2) is 10.9 Å². The van der Waals surface area contributed by atoms with Gasteiger partial charge in [0.1, 0.15) is 11.3 Å². The topological polar surface area (TPSA) is 56.5 Å². The molecule has 5 heteroatoms. The van der Waals surface area contributed by atoms with E-state index in [-0.39, 0.29) is 23.5 Å². The van der Waals surface area contributed by atoms with E-state index in [2.05, 4.69) is 0 Å². The lowest BCUT2D eigenvalue weighted by Gasteiger charge is -2.05. The summed E-state index contributed by atoms with van der Waals surface area (Å²) in [5.41, 5.74) is 1.01. The van der Waals surface area contributed by atoms with Gasteiger partial charge in [0, 0.05) is 5.56 Å². The first-order valence-corrected chi connectivity index (χ1v) is 7.76. The molecule has 0 unspecified atom stereocenters. The number of hydrogen-bond acceptors (Lipinski definition) is 5. The molecule has 1 heterocycles. The van der Waals surface area contributed by atoms with Gasteiger partial charge in [0.2, 0.25) is 0 Å². The van der Waals surface area contributed by atoms with Gasteiger partial charge in [-0.3, -0.25) is 4.79 Å². The standard InChI is InChI=1S/C16H16O4S/c1-4-19-15(18)12-10(2)20-16(21-3)13(12)14(17)11-8-6-5-7-9-11/h5-9H,4H2,1-3H3. The van der Waals surface area contributed by atoms with E-state index in [0.717, 1.165) is 0 Å². The van der Waals surface area contributed by atoms with Crippen LogP contribution in [0.4, 0.5) is 0 Å². The highest BCUT2D eigenvalue weighted by Crippen LogP contribution is 2.32. The van der Waals surface area contributed by atoms with Gasteiger partial charge in [-0.05, 0) is 20.1 Å². The van der Waals surface area contributed by atoms with E-state index in [1.54, 1.807) is 44.4 Å². The van der Waals surface area contributed by atoms with Crippen molar-refractivity contribution in [2.45, 2.75) is 18.9 Å². The Kier molecular flexibility index (Phi) is 4.85. The van der Waals surface area contributed by atoms with Gasteiger partial charge >= 0.3 is 5.97 Å². The molecule has 0 saturated heterocycles. The fourth-order valence-electron chi connectivity index (χ4n) is 2.05. The molecule has 0 aliphatic carbocycles. The number of thioether (sulfide) groups is 1. The minimum Gasteiger partial charge on any atom is -0.462 e. The van der Waals surface area contributed by atoms with Crippen molar-refractivity contribution >= 4 is 23.5 Å². The molecule has 1 aromatic carbocycles. The summed E-state index contributed by atoms with van der Waals surface area (Å²) >= 11 is 1.29. The molecule has 0 fully saturated rings. The van der Waals surface area contributed by atoms with Crippen LogP contribution in [0.2, 0.25) is 0 Å². The molecular weight excluding hydrogens is 288 g/mol. The Labute approximate surface area is 127 Å². The molecule has 0 radical (unpaired) electrons. The van der Waals surface area contributed by atoms with Gasteiger partial charge in [-0.1, -0.05) is 42.1 Å². The lowest BCUT2D eigenvalue weighted by atomic mass is 10.0. The highest BCUT2D eigenvalue weighted by molar-refractivity contribution is 7.98. The molecule has 2 rings (SSSR count). The van der Waals surface area contributed by atoms with Crippen molar-refractivity contribution < 1.29 is 18.7 Å². The summed E-state index contributed by atoms with van der Waals surface area (Å²) in [5, 5.41) is 0.435. The number of hydrogen-bond donors (Lipinski definition) is 0. The number of carbonyl (C=O) groups is 2. The Morgan fingerprint density at radius 2 is 1.86 bits per heavy atom. The lowest BCUT2D eigenvalue weighted by molar-refractivity contribution is 0.0522. The van der Waals surface area contributed by atoms with Crippen LogP contribution in [-0.2, 0) is 4.74 Å². The Morgan fingerprint density at radius 3 is 2.43 bits per heavy atom. The molecule has 0 atom stereocenters. The molecule has 2 aromatic rings. The van der Waals surface area contributed by atoms with Crippen molar-refractivity contribution in [3.8, 4) is 0 Å². The van der Waals surface area contributed by atoms with Gasteiger partial charge in [-0.15, -0.1) is 0 Å². The van der Waals surface area contributed by atoms with Crippen LogP contribution in [0.1, 0.15) is 39.0 Å². The third-order valence-corrected chi connectivity index (χ3v) is 3.64. The summed E-state index contributed by atoms with van der Waals surface area (Å²) < 4.78 is 10.6. The summed E-state index contributed by atoms with van der Waals surface area (Å²) in [6.45, 7) is 3.63. The predicted molar refractivity (Wildman–Crippen MR) is 81.1 cm³/mol. The van der Waals surface area contributed by atoms with Gasteiger partial charge in [-0.2, -0.15) is 0 Å². The minimum absolute atomic E-state index is 0.218. The van der Waals surface area contributed by atoms with Gasteiger partial charge in [0.25, 0.3) is 0 Å². The molecule has 0 aliphatic heterocycles. The SMILES string of the molecule is CCOC(=O)c1c(C)oc(SC)c1C(=O)c1ccccc1. The maximum absolute atomic E-state index is 12.7. The van der Waals surface area contributed by atoms with E-state index in [0.29, 0.717) is 16.4 Å². The summed E-state index contributed by atoms with van der Waals surface area (Å²) in [6, 6.07) is 8.82.